The van der Waals surface area contributed by atoms with Crippen LogP contribution in [0.2, 0.25) is 10.1 Å². The molecule has 0 spiro atoms. The number of aryl methyl sites for hydroxylation is 1. The standard InChI is InChI=1S/C45H46ClN3O6Si/c1-6-45(53)32-21-36-39-30(23-49(36)42(51)31(32)24-54-43(45)52)38-34(20-19-29-25(2)33(46)22-35(47-39)37(29)38)48-41(50)40(26-17-18-26)55-56(44(3,4)5,27-13-9-7-10-14-27)28-15-11-8-12-16-28/h7-16,21-22,26,34,40,53H,6,17-20,23-24H2,1-5H3,(H,48,50)/t34-,40+,45+/m1/s1. The van der Waals surface area contributed by atoms with Gasteiger partial charge in [-0.05, 0) is 89.2 Å². The van der Waals surface area contributed by atoms with Crippen molar-refractivity contribution in [2.75, 3.05) is 0 Å². The maximum atomic E-state index is 15.0. The number of fused-ring (bicyclic) bond motifs is 5. The van der Waals surface area contributed by atoms with Crippen molar-refractivity contribution in [1.82, 2.24) is 14.9 Å². The van der Waals surface area contributed by atoms with Crippen molar-refractivity contribution < 1.29 is 23.9 Å². The van der Waals surface area contributed by atoms with Crippen molar-refractivity contribution in [2.24, 2.45) is 5.92 Å². The highest BCUT2D eigenvalue weighted by Gasteiger charge is 2.55. The highest BCUT2D eigenvalue weighted by molar-refractivity contribution is 6.99. The Morgan fingerprint density at radius 1 is 1.04 bits per heavy atom. The SMILES string of the molecule is CC[C@@]1(O)C(=O)OCc2c1cc1n(c2=O)Cc2c-1nc1cc(Cl)c(C)c3c1c2[C@H](NC(=O)[C@@H](O[Si](c1ccccc1)(c1ccccc1)C(C)(C)C)C1CC1)CC3. The summed E-state index contributed by atoms with van der Waals surface area (Å²) in [7, 11) is -3.06. The van der Waals surface area contributed by atoms with Crippen molar-refractivity contribution in [3.05, 3.63) is 122 Å². The highest BCUT2D eigenvalue weighted by atomic mass is 35.5. The first-order valence-corrected chi connectivity index (χ1v) is 22.0. The van der Waals surface area contributed by atoms with Gasteiger partial charge < -0.3 is 24.2 Å². The second-order valence-electron chi connectivity index (χ2n) is 17.0. The number of pyridine rings is 2. The molecule has 0 unspecified atom stereocenters. The molecule has 3 aromatic carbocycles. The van der Waals surface area contributed by atoms with E-state index in [0.717, 1.165) is 50.9 Å². The van der Waals surface area contributed by atoms with Crippen LogP contribution in [0.15, 0.2) is 77.6 Å². The Morgan fingerprint density at radius 3 is 2.30 bits per heavy atom. The van der Waals surface area contributed by atoms with E-state index in [2.05, 4.69) is 74.6 Å². The van der Waals surface area contributed by atoms with E-state index in [1.165, 1.54) is 0 Å². The number of ether oxygens (including phenoxy) is 1. The molecule has 2 aliphatic carbocycles. The zero-order valence-electron chi connectivity index (χ0n) is 32.4. The Labute approximate surface area is 332 Å². The van der Waals surface area contributed by atoms with Crippen LogP contribution in [0.25, 0.3) is 22.3 Å². The molecule has 1 fully saturated rings. The zero-order valence-corrected chi connectivity index (χ0v) is 34.1. The van der Waals surface area contributed by atoms with Gasteiger partial charge in [0.15, 0.2) is 5.60 Å². The first-order valence-electron chi connectivity index (χ1n) is 19.7. The van der Waals surface area contributed by atoms with Gasteiger partial charge in [-0.2, -0.15) is 0 Å². The van der Waals surface area contributed by atoms with Gasteiger partial charge >= 0.3 is 5.97 Å². The number of cyclic esters (lactones) is 1. The number of carbonyl (C=O) groups is 2. The number of benzene rings is 3. The fourth-order valence-electron chi connectivity index (χ4n) is 9.60. The van der Waals surface area contributed by atoms with Crippen molar-refractivity contribution in [1.29, 1.82) is 0 Å². The molecule has 4 heterocycles. The van der Waals surface area contributed by atoms with Crippen LogP contribution >= 0.6 is 11.6 Å². The van der Waals surface area contributed by atoms with Gasteiger partial charge in [0.2, 0.25) is 5.91 Å². The van der Waals surface area contributed by atoms with Gasteiger partial charge in [0.1, 0.15) is 12.7 Å². The molecule has 0 radical (unpaired) electrons. The van der Waals surface area contributed by atoms with Crippen molar-refractivity contribution >= 4 is 53.1 Å². The Hall–Kier alpha value is -4.61. The summed E-state index contributed by atoms with van der Waals surface area (Å²) >= 11 is 6.83. The number of carbonyl (C=O) groups excluding carboxylic acids is 2. The van der Waals surface area contributed by atoms with Crippen molar-refractivity contribution in [3.8, 4) is 11.4 Å². The van der Waals surface area contributed by atoms with Crippen LogP contribution in [0.5, 0.6) is 0 Å². The number of aromatic nitrogens is 2. The third-order valence-corrected chi connectivity index (χ3v) is 18.1. The number of rotatable bonds is 8. The van der Waals surface area contributed by atoms with Crippen LogP contribution in [0.4, 0.5) is 0 Å². The molecule has 2 N–H and O–H groups in total. The fraction of sp³-hybridized carbons (Fsp3) is 0.378. The summed E-state index contributed by atoms with van der Waals surface area (Å²) < 4.78 is 14.5. The van der Waals surface area contributed by atoms with E-state index in [1.54, 1.807) is 17.6 Å². The van der Waals surface area contributed by atoms with Gasteiger partial charge in [-0.25, -0.2) is 9.78 Å². The van der Waals surface area contributed by atoms with E-state index in [9.17, 15) is 14.7 Å². The number of amides is 1. The number of hydrogen-bond donors (Lipinski definition) is 2. The van der Waals surface area contributed by atoms with Gasteiger partial charge in [-0.1, -0.05) is 100.0 Å². The fourth-order valence-corrected chi connectivity index (χ4v) is 14.5. The Balaban J connectivity index is 1.17. The molecule has 2 aliphatic heterocycles. The number of halogens is 1. The van der Waals surface area contributed by atoms with Gasteiger partial charge in [-0.3, -0.25) is 9.59 Å². The summed E-state index contributed by atoms with van der Waals surface area (Å²) in [5.74, 6) is -0.810. The summed E-state index contributed by atoms with van der Waals surface area (Å²) in [6, 6.07) is 24.0. The van der Waals surface area contributed by atoms with Crippen LogP contribution in [0.1, 0.15) is 92.8 Å². The second-order valence-corrected chi connectivity index (χ2v) is 21.6. The van der Waals surface area contributed by atoms with E-state index >= 15 is 4.79 Å². The summed E-state index contributed by atoms with van der Waals surface area (Å²) in [6.07, 6.45) is 2.52. The van der Waals surface area contributed by atoms with Crippen molar-refractivity contribution in [2.45, 2.75) is 103 Å². The van der Waals surface area contributed by atoms with E-state index in [4.69, 9.17) is 25.7 Å². The molecule has 11 heteroatoms. The monoisotopic (exact) mass is 787 g/mol. The van der Waals surface area contributed by atoms with Crippen LogP contribution in [-0.2, 0) is 43.9 Å². The van der Waals surface area contributed by atoms with E-state index in [0.29, 0.717) is 34.8 Å². The number of esters is 1. The minimum atomic E-state index is -3.06. The molecular formula is C45H46ClN3O6Si. The number of hydrogen-bond acceptors (Lipinski definition) is 7. The quantitative estimate of drug-likeness (QED) is 0.134. The lowest BCUT2D eigenvalue weighted by atomic mass is 9.81. The third-order valence-electron chi connectivity index (χ3n) is 12.7. The maximum absolute atomic E-state index is 15.0. The number of aliphatic hydroxyl groups is 1. The Morgan fingerprint density at radius 2 is 1.70 bits per heavy atom. The lowest BCUT2D eigenvalue weighted by Gasteiger charge is -2.45. The van der Waals surface area contributed by atoms with Gasteiger partial charge in [-0.15, -0.1) is 0 Å². The highest BCUT2D eigenvalue weighted by Crippen LogP contribution is 2.48. The largest absolute Gasteiger partial charge is 0.458 e. The summed E-state index contributed by atoms with van der Waals surface area (Å²) in [5.41, 5.74) is 3.87. The van der Waals surface area contributed by atoms with Gasteiger partial charge in [0.25, 0.3) is 13.9 Å². The molecule has 9 nitrogen and oxygen atoms in total. The lowest BCUT2D eigenvalue weighted by molar-refractivity contribution is -0.172. The minimum absolute atomic E-state index is 0.0511. The Bertz CT molecular complexity index is 2470. The predicted octanol–water partition coefficient (Wildman–Crippen LogP) is 6.50. The van der Waals surface area contributed by atoms with E-state index in [-0.39, 0.29) is 53.1 Å². The molecule has 288 valence electrons. The first-order chi connectivity index (χ1) is 26.8. The average Bonchev–Trinajstić information content (AvgIpc) is 3.96. The molecule has 3 atom stereocenters. The Kier molecular flexibility index (Phi) is 8.74. The van der Waals surface area contributed by atoms with Crippen LogP contribution in [-0.4, -0.2) is 41.0 Å². The molecule has 9 rings (SSSR count). The lowest BCUT2D eigenvalue weighted by Crippen LogP contribution is -2.69. The average molecular weight is 788 g/mol. The van der Waals surface area contributed by atoms with Crippen LogP contribution in [0.3, 0.4) is 0 Å². The summed E-state index contributed by atoms with van der Waals surface area (Å²) in [4.78, 5) is 47.2. The first kappa shape index (κ1) is 37.0. The minimum Gasteiger partial charge on any atom is -0.458 e. The molecule has 1 amide bonds. The molecule has 1 saturated carbocycles. The van der Waals surface area contributed by atoms with Crippen LogP contribution < -0.4 is 21.2 Å². The summed E-state index contributed by atoms with van der Waals surface area (Å²) in [6.45, 7) is 10.4. The third kappa shape index (κ3) is 5.47. The van der Waals surface area contributed by atoms with Gasteiger partial charge in [0.05, 0.1) is 35.1 Å². The van der Waals surface area contributed by atoms with Gasteiger partial charge in [0, 0.05) is 21.5 Å². The summed E-state index contributed by atoms with van der Waals surface area (Å²) in [5, 5.41) is 18.5. The normalized spacial score (nSPS) is 20.6. The van der Waals surface area contributed by atoms with Crippen LogP contribution in [0, 0.1) is 12.8 Å². The maximum Gasteiger partial charge on any atom is 0.343 e. The number of nitrogens with zero attached hydrogens (tertiary/aromatic N) is 2. The smallest absolute Gasteiger partial charge is 0.343 e. The second kappa shape index (κ2) is 13.2. The predicted molar refractivity (Wildman–Crippen MR) is 219 cm³/mol. The molecule has 2 aromatic heterocycles. The van der Waals surface area contributed by atoms with E-state index in [1.807, 2.05) is 25.1 Å². The van der Waals surface area contributed by atoms with E-state index < -0.39 is 32.0 Å². The molecular weight excluding hydrogens is 742 g/mol. The zero-order chi connectivity index (χ0) is 39.3. The molecule has 0 bridgehead atoms. The molecule has 4 aliphatic rings. The molecule has 5 aromatic rings. The van der Waals surface area contributed by atoms with Crippen molar-refractivity contribution in [3.63, 3.8) is 0 Å². The topological polar surface area (TPSA) is 120 Å². The molecule has 0 saturated heterocycles. The number of nitrogens with one attached hydrogen (secondary N) is 1. The molecule has 56 heavy (non-hydrogen) atoms.